The zero-order valence-electron chi connectivity index (χ0n) is 9.32. The van der Waals surface area contributed by atoms with Crippen LogP contribution in [0, 0.1) is 6.92 Å². The summed E-state index contributed by atoms with van der Waals surface area (Å²) in [5.74, 6) is 0. The summed E-state index contributed by atoms with van der Waals surface area (Å²) in [5, 5.41) is 1.03. The third-order valence-electron chi connectivity index (χ3n) is 2.60. The number of halogens is 2. The molecule has 0 aliphatic carbocycles. The van der Waals surface area contributed by atoms with Crippen molar-refractivity contribution in [2.75, 3.05) is 0 Å². The topological polar surface area (TPSA) is 38.9 Å². The molecule has 0 aliphatic heterocycles. The first kappa shape index (κ1) is 12.4. The molecule has 0 saturated carbocycles. The van der Waals surface area contributed by atoms with Crippen LogP contribution in [0.5, 0.6) is 0 Å². The molecule has 2 N–H and O–H groups in total. The van der Waals surface area contributed by atoms with Gasteiger partial charge in [-0.2, -0.15) is 0 Å². The number of benzene rings is 1. The van der Waals surface area contributed by atoms with Crippen molar-refractivity contribution in [2.24, 2.45) is 5.73 Å². The Bertz CT molecular complexity index is 541. The Morgan fingerprint density at radius 2 is 2.00 bits per heavy atom. The largest absolute Gasteiger partial charge is 0.320 e. The van der Waals surface area contributed by atoms with Gasteiger partial charge in [-0.1, -0.05) is 35.3 Å². The molecule has 0 radical (unpaired) electrons. The lowest BCUT2D eigenvalue weighted by Crippen LogP contribution is -2.12. The third kappa shape index (κ3) is 2.60. The number of hydrogen-bond acceptors (Lipinski definition) is 2. The molecule has 1 unspecified atom stereocenters. The molecule has 4 heteroatoms. The van der Waals surface area contributed by atoms with E-state index in [4.69, 9.17) is 28.9 Å². The zero-order chi connectivity index (χ0) is 12.4. The molecule has 0 amide bonds. The third-order valence-corrected chi connectivity index (χ3v) is 3.43. The molecule has 0 fully saturated rings. The zero-order valence-corrected chi connectivity index (χ0v) is 10.8. The first-order valence-corrected chi connectivity index (χ1v) is 5.97. The summed E-state index contributed by atoms with van der Waals surface area (Å²) in [7, 11) is 0. The molecule has 17 heavy (non-hydrogen) atoms. The van der Waals surface area contributed by atoms with Gasteiger partial charge in [-0.05, 0) is 36.2 Å². The SMILES string of the molecule is Cc1cc(C(N)c2cccc(Cl)c2Cl)ccn1. The van der Waals surface area contributed by atoms with E-state index in [1.54, 1.807) is 12.3 Å². The summed E-state index contributed by atoms with van der Waals surface area (Å²) in [4.78, 5) is 4.14. The van der Waals surface area contributed by atoms with Gasteiger partial charge in [-0.25, -0.2) is 0 Å². The highest BCUT2D eigenvalue weighted by Gasteiger charge is 2.14. The van der Waals surface area contributed by atoms with Crippen molar-refractivity contribution in [1.29, 1.82) is 0 Å². The average molecular weight is 267 g/mol. The van der Waals surface area contributed by atoms with E-state index in [0.717, 1.165) is 16.8 Å². The Labute approximate surface area is 110 Å². The highest BCUT2D eigenvalue weighted by atomic mass is 35.5. The van der Waals surface area contributed by atoms with Crippen molar-refractivity contribution in [3.63, 3.8) is 0 Å². The second-order valence-corrected chi connectivity index (χ2v) is 4.64. The molecule has 1 aromatic heterocycles. The fourth-order valence-electron chi connectivity index (χ4n) is 1.70. The van der Waals surface area contributed by atoms with Crippen LogP contribution in [0.1, 0.15) is 22.9 Å². The van der Waals surface area contributed by atoms with Crippen molar-refractivity contribution >= 4 is 23.2 Å². The minimum Gasteiger partial charge on any atom is -0.320 e. The van der Waals surface area contributed by atoms with E-state index in [1.165, 1.54) is 0 Å². The smallest absolute Gasteiger partial charge is 0.0643 e. The van der Waals surface area contributed by atoms with Gasteiger partial charge in [0.15, 0.2) is 0 Å². The highest BCUT2D eigenvalue weighted by molar-refractivity contribution is 6.42. The lowest BCUT2D eigenvalue weighted by molar-refractivity contribution is 0.864. The van der Waals surface area contributed by atoms with E-state index in [1.807, 2.05) is 31.2 Å². The van der Waals surface area contributed by atoms with Crippen LogP contribution in [-0.4, -0.2) is 4.98 Å². The number of hydrogen-bond donors (Lipinski definition) is 1. The van der Waals surface area contributed by atoms with Gasteiger partial charge in [-0.3, -0.25) is 4.98 Å². The Balaban J connectivity index is 2.44. The molecular weight excluding hydrogens is 255 g/mol. The van der Waals surface area contributed by atoms with Crippen LogP contribution >= 0.6 is 23.2 Å². The molecule has 0 bridgehead atoms. The number of rotatable bonds is 2. The molecule has 2 rings (SSSR count). The molecule has 2 aromatic rings. The lowest BCUT2D eigenvalue weighted by atomic mass is 10.00. The van der Waals surface area contributed by atoms with Gasteiger partial charge in [0, 0.05) is 11.9 Å². The van der Waals surface area contributed by atoms with Crippen LogP contribution in [0.3, 0.4) is 0 Å². The van der Waals surface area contributed by atoms with Crippen LogP contribution in [0.4, 0.5) is 0 Å². The molecule has 1 atom stereocenters. The molecule has 1 heterocycles. The molecule has 88 valence electrons. The number of nitrogens with zero attached hydrogens (tertiary/aromatic N) is 1. The van der Waals surface area contributed by atoms with Crippen LogP contribution < -0.4 is 5.73 Å². The minimum absolute atomic E-state index is 0.289. The van der Waals surface area contributed by atoms with Gasteiger partial charge in [0.2, 0.25) is 0 Å². The molecular formula is C13H12Cl2N2. The summed E-state index contributed by atoms with van der Waals surface area (Å²) in [6.45, 7) is 1.93. The quantitative estimate of drug-likeness (QED) is 0.900. The predicted octanol–water partition coefficient (Wildman–Crippen LogP) is 3.74. The van der Waals surface area contributed by atoms with Crippen LogP contribution in [-0.2, 0) is 0 Å². The van der Waals surface area contributed by atoms with E-state index in [9.17, 15) is 0 Å². The number of aryl methyl sites for hydroxylation is 1. The number of nitrogens with two attached hydrogens (primary N) is 1. The fraction of sp³-hybridized carbons (Fsp3) is 0.154. The van der Waals surface area contributed by atoms with E-state index in [0.29, 0.717) is 10.0 Å². The van der Waals surface area contributed by atoms with Gasteiger partial charge >= 0.3 is 0 Å². The van der Waals surface area contributed by atoms with Crippen molar-refractivity contribution in [2.45, 2.75) is 13.0 Å². The monoisotopic (exact) mass is 266 g/mol. The van der Waals surface area contributed by atoms with Gasteiger partial charge in [0.1, 0.15) is 0 Å². The Morgan fingerprint density at radius 1 is 1.24 bits per heavy atom. The van der Waals surface area contributed by atoms with E-state index in [-0.39, 0.29) is 6.04 Å². The van der Waals surface area contributed by atoms with Crippen molar-refractivity contribution in [3.8, 4) is 0 Å². The maximum absolute atomic E-state index is 6.18. The van der Waals surface area contributed by atoms with Crippen LogP contribution in [0.2, 0.25) is 10.0 Å². The summed E-state index contributed by atoms with van der Waals surface area (Å²) in [6.07, 6.45) is 1.74. The summed E-state index contributed by atoms with van der Waals surface area (Å²) < 4.78 is 0. The Kier molecular flexibility index (Phi) is 3.67. The summed E-state index contributed by atoms with van der Waals surface area (Å²) >= 11 is 12.1. The Morgan fingerprint density at radius 3 is 2.71 bits per heavy atom. The normalized spacial score (nSPS) is 12.5. The van der Waals surface area contributed by atoms with E-state index < -0.39 is 0 Å². The van der Waals surface area contributed by atoms with Crippen molar-refractivity contribution < 1.29 is 0 Å². The van der Waals surface area contributed by atoms with Crippen LogP contribution in [0.15, 0.2) is 36.5 Å². The predicted molar refractivity (Wildman–Crippen MR) is 71.5 cm³/mol. The lowest BCUT2D eigenvalue weighted by Gasteiger charge is -2.15. The average Bonchev–Trinajstić information content (AvgIpc) is 2.32. The maximum atomic E-state index is 6.18. The fourth-order valence-corrected chi connectivity index (χ4v) is 2.13. The summed E-state index contributed by atoms with van der Waals surface area (Å²) in [5.41, 5.74) is 8.91. The summed E-state index contributed by atoms with van der Waals surface area (Å²) in [6, 6.07) is 9.02. The van der Waals surface area contributed by atoms with Crippen molar-refractivity contribution in [1.82, 2.24) is 4.98 Å². The van der Waals surface area contributed by atoms with E-state index >= 15 is 0 Å². The number of pyridine rings is 1. The molecule has 1 aromatic carbocycles. The Hall–Kier alpha value is -1.09. The van der Waals surface area contributed by atoms with E-state index in [2.05, 4.69) is 4.98 Å². The van der Waals surface area contributed by atoms with Gasteiger partial charge in [0.25, 0.3) is 0 Å². The second-order valence-electron chi connectivity index (χ2n) is 3.85. The molecule has 0 aliphatic rings. The molecule has 0 spiro atoms. The van der Waals surface area contributed by atoms with Crippen molar-refractivity contribution in [3.05, 3.63) is 63.4 Å². The minimum atomic E-state index is -0.289. The molecule has 2 nitrogen and oxygen atoms in total. The molecule has 0 saturated heterocycles. The first-order valence-electron chi connectivity index (χ1n) is 5.21. The number of aromatic nitrogens is 1. The first-order chi connectivity index (χ1) is 8.09. The standard InChI is InChI=1S/C13H12Cl2N2/c1-8-7-9(5-6-17-8)13(16)10-3-2-4-11(14)12(10)15/h2-7,13H,16H2,1H3. The van der Waals surface area contributed by atoms with Crippen LogP contribution in [0.25, 0.3) is 0 Å². The second kappa shape index (κ2) is 5.05. The van der Waals surface area contributed by atoms with Gasteiger partial charge in [0.05, 0.1) is 16.1 Å². The highest BCUT2D eigenvalue weighted by Crippen LogP contribution is 2.31. The van der Waals surface area contributed by atoms with Gasteiger partial charge < -0.3 is 5.73 Å². The maximum Gasteiger partial charge on any atom is 0.0643 e. The van der Waals surface area contributed by atoms with Gasteiger partial charge in [-0.15, -0.1) is 0 Å².